The summed E-state index contributed by atoms with van der Waals surface area (Å²) in [7, 11) is 0. The molecule has 3 fully saturated rings. The Balaban J connectivity index is 1.60. The van der Waals surface area contributed by atoms with E-state index >= 15 is 0 Å². The molecule has 1 N–H and O–H groups in total. The maximum absolute atomic E-state index is 3.98. The molecular weight excluding hydrogens is 252 g/mol. The summed E-state index contributed by atoms with van der Waals surface area (Å²) in [5.74, 6) is 3.61. The summed E-state index contributed by atoms with van der Waals surface area (Å²) in [5.41, 5.74) is 0.487. The first-order chi connectivity index (χ1) is 9.33. The molecule has 1 unspecified atom stereocenters. The zero-order valence-electron chi connectivity index (χ0n) is 12.5. The van der Waals surface area contributed by atoms with Gasteiger partial charge in [0.2, 0.25) is 0 Å². The highest BCUT2D eigenvalue weighted by molar-refractivity contribution is 7.99. The van der Waals surface area contributed by atoms with Crippen molar-refractivity contribution in [1.29, 1.82) is 0 Å². The van der Waals surface area contributed by atoms with Crippen LogP contribution in [-0.2, 0) is 0 Å². The minimum absolute atomic E-state index is 0.487. The highest BCUT2D eigenvalue weighted by atomic mass is 32.2. The minimum atomic E-state index is 0.487. The van der Waals surface area contributed by atoms with Gasteiger partial charge in [-0.2, -0.15) is 11.8 Å². The largest absolute Gasteiger partial charge is 0.308 e. The molecule has 0 aromatic heterocycles. The Bertz CT molecular complexity index is 284. The maximum atomic E-state index is 3.98. The Kier molecular flexibility index (Phi) is 4.76. The third-order valence-electron chi connectivity index (χ3n) is 5.36. The van der Waals surface area contributed by atoms with Gasteiger partial charge in [0, 0.05) is 37.0 Å². The minimum Gasteiger partial charge on any atom is -0.308 e. The zero-order valence-corrected chi connectivity index (χ0v) is 13.3. The number of rotatable bonds is 5. The summed E-state index contributed by atoms with van der Waals surface area (Å²) in [5, 5.41) is 3.98. The molecule has 1 spiro atoms. The smallest absolute Gasteiger partial charge is 0.0309 e. The van der Waals surface area contributed by atoms with E-state index in [1.165, 1.54) is 76.1 Å². The molecule has 1 heterocycles. The lowest BCUT2D eigenvalue weighted by Crippen LogP contribution is -2.65. The first kappa shape index (κ1) is 14.2. The summed E-state index contributed by atoms with van der Waals surface area (Å²) in [6.07, 6.45) is 10.1. The molecule has 0 amide bonds. The van der Waals surface area contributed by atoms with Crippen molar-refractivity contribution in [3.8, 4) is 0 Å². The van der Waals surface area contributed by atoms with Crippen molar-refractivity contribution in [2.24, 2.45) is 5.92 Å². The van der Waals surface area contributed by atoms with Crippen LogP contribution >= 0.6 is 11.8 Å². The number of nitrogens with zero attached hydrogens (tertiary/aromatic N) is 1. The SMILES string of the molecule is CCSCCN1CC2(CCCCC2)NCC1C1CC1. The third-order valence-corrected chi connectivity index (χ3v) is 6.24. The van der Waals surface area contributed by atoms with Crippen LogP contribution in [0, 0.1) is 5.92 Å². The molecule has 2 saturated carbocycles. The Morgan fingerprint density at radius 2 is 2.00 bits per heavy atom. The number of thioether (sulfide) groups is 1. The number of hydrogen-bond donors (Lipinski definition) is 1. The van der Waals surface area contributed by atoms with Crippen LogP contribution in [0.4, 0.5) is 0 Å². The molecule has 3 aliphatic rings. The summed E-state index contributed by atoms with van der Waals surface area (Å²) >= 11 is 2.11. The molecule has 3 rings (SSSR count). The van der Waals surface area contributed by atoms with Gasteiger partial charge in [0.25, 0.3) is 0 Å². The van der Waals surface area contributed by atoms with Gasteiger partial charge in [-0.25, -0.2) is 0 Å². The van der Waals surface area contributed by atoms with Gasteiger partial charge in [-0.1, -0.05) is 26.2 Å². The van der Waals surface area contributed by atoms with Gasteiger partial charge in [-0.15, -0.1) is 0 Å². The van der Waals surface area contributed by atoms with Gasteiger partial charge < -0.3 is 5.32 Å². The Hall–Kier alpha value is 0.270. The lowest BCUT2D eigenvalue weighted by molar-refractivity contribution is 0.0514. The van der Waals surface area contributed by atoms with E-state index in [-0.39, 0.29) is 0 Å². The third kappa shape index (κ3) is 3.48. The van der Waals surface area contributed by atoms with Crippen LogP contribution < -0.4 is 5.32 Å². The van der Waals surface area contributed by atoms with E-state index in [0.29, 0.717) is 5.54 Å². The van der Waals surface area contributed by atoms with Gasteiger partial charge in [-0.05, 0) is 37.4 Å². The van der Waals surface area contributed by atoms with Crippen molar-refractivity contribution in [3.05, 3.63) is 0 Å². The molecule has 3 heteroatoms. The zero-order chi connectivity index (χ0) is 13.1. The van der Waals surface area contributed by atoms with Crippen LogP contribution in [0.25, 0.3) is 0 Å². The fourth-order valence-electron chi connectivity index (χ4n) is 4.09. The van der Waals surface area contributed by atoms with E-state index in [0.717, 1.165) is 12.0 Å². The molecule has 0 aromatic rings. The Labute approximate surface area is 123 Å². The van der Waals surface area contributed by atoms with E-state index < -0.39 is 0 Å². The molecule has 1 saturated heterocycles. The van der Waals surface area contributed by atoms with Crippen molar-refractivity contribution in [1.82, 2.24) is 10.2 Å². The maximum Gasteiger partial charge on any atom is 0.0309 e. The summed E-state index contributed by atoms with van der Waals surface area (Å²) in [6.45, 7) is 6.20. The van der Waals surface area contributed by atoms with Crippen molar-refractivity contribution < 1.29 is 0 Å². The van der Waals surface area contributed by atoms with E-state index in [1.807, 2.05) is 0 Å². The van der Waals surface area contributed by atoms with Gasteiger partial charge in [-0.3, -0.25) is 4.90 Å². The van der Waals surface area contributed by atoms with E-state index in [4.69, 9.17) is 0 Å². The number of piperazine rings is 1. The van der Waals surface area contributed by atoms with Crippen LogP contribution in [0.1, 0.15) is 51.9 Å². The van der Waals surface area contributed by atoms with Crippen molar-refractivity contribution in [2.75, 3.05) is 31.1 Å². The lowest BCUT2D eigenvalue weighted by atomic mass is 9.79. The molecule has 2 aliphatic carbocycles. The average molecular weight is 282 g/mol. The second-order valence-corrected chi connectivity index (χ2v) is 8.19. The van der Waals surface area contributed by atoms with Crippen LogP contribution in [0.15, 0.2) is 0 Å². The summed E-state index contributed by atoms with van der Waals surface area (Å²) in [6, 6.07) is 0.852. The van der Waals surface area contributed by atoms with E-state index in [1.54, 1.807) is 0 Å². The normalized spacial score (nSPS) is 31.7. The molecule has 0 bridgehead atoms. The quantitative estimate of drug-likeness (QED) is 0.780. The summed E-state index contributed by atoms with van der Waals surface area (Å²) in [4.78, 5) is 2.86. The highest BCUT2D eigenvalue weighted by Gasteiger charge is 2.44. The van der Waals surface area contributed by atoms with E-state index in [9.17, 15) is 0 Å². The number of nitrogens with one attached hydrogen (secondary N) is 1. The van der Waals surface area contributed by atoms with Crippen molar-refractivity contribution >= 4 is 11.8 Å². The fraction of sp³-hybridized carbons (Fsp3) is 1.00. The highest BCUT2D eigenvalue weighted by Crippen LogP contribution is 2.39. The van der Waals surface area contributed by atoms with Gasteiger partial charge >= 0.3 is 0 Å². The molecule has 1 atom stereocenters. The molecular formula is C16H30N2S. The van der Waals surface area contributed by atoms with Crippen LogP contribution in [0.3, 0.4) is 0 Å². The van der Waals surface area contributed by atoms with Gasteiger partial charge in [0.1, 0.15) is 0 Å². The Morgan fingerprint density at radius 1 is 1.21 bits per heavy atom. The van der Waals surface area contributed by atoms with Crippen LogP contribution in [0.2, 0.25) is 0 Å². The van der Waals surface area contributed by atoms with Crippen LogP contribution in [0.5, 0.6) is 0 Å². The fourth-order valence-corrected chi connectivity index (χ4v) is 4.74. The molecule has 2 nitrogen and oxygen atoms in total. The first-order valence-electron chi connectivity index (χ1n) is 8.40. The molecule has 0 radical (unpaired) electrons. The van der Waals surface area contributed by atoms with Gasteiger partial charge in [0.15, 0.2) is 0 Å². The predicted molar refractivity (Wildman–Crippen MR) is 84.9 cm³/mol. The Morgan fingerprint density at radius 3 is 2.68 bits per heavy atom. The molecule has 110 valence electrons. The molecule has 0 aromatic carbocycles. The summed E-state index contributed by atoms with van der Waals surface area (Å²) < 4.78 is 0. The standard InChI is InChI=1S/C16H30N2S/c1-2-19-11-10-18-13-16(8-4-3-5-9-16)17-12-15(18)14-6-7-14/h14-15,17H,2-13H2,1H3. The van der Waals surface area contributed by atoms with Crippen LogP contribution in [-0.4, -0.2) is 47.6 Å². The lowest BCUT2D eigenvalue weighted by Gasteiger charge is -2.50. The van der Waals surface area contributed by atoms with E-state index in [2.05, 4.69) is 28.9 Å². The second kappa shape index (κ2) is 6.36. The molecule has 1 aliphatic heterocycles. The second-order valence-electron chi connectivity index (χ2n) is 6.79. The average Bonchev–Trinajstić information content (AvgIpc) is 3.25. The predicted octanol–water partition coefficient (Wildman–Crippen LogP) is 3.13. The van der Waals surface area contributed by atoms with Crippen molar-refractivity contribution in [2.45, 2.75) is 63.5 Å². The monoisotopic (exact) mass is 282 g/mol. The first-order valence-corrected chi connectivity index (χ1v) is 9.55. The topological polar surface area (TPSA) is 15.3 Å². The molecule has 19 heavy (non-hydrogen) atoms. The van der Waals surface area contributed by atoms with Crippen molar-refractivity contribution in [3.63, 3.8) is 0 Å². The van der Waals surface area contributed by atoms with Gasteiger partial charge in [0.05, 0.1) is 0 Å². The number of hydrogen-bond acceptors (Lipinski definition) is 3.